The summed E-state index contributed by atoms with van der Waals surface area (Å²) in [5.74, 6) is 1.73. The minimum absolute atomic E-state index is 0.0310. The van der Waals surface area contributed by atoms with Gasteiger partial charge in [0.1, 0.15) is 28.9 Å². The predicted molar refractivity (Wildman–Crippen MR) is 123 cm³/mol. The lowest BCUT2D eigenvalue weighted by molar-refractivity contribution is 0.413. The van der Waals surface area contributed by atoms with Crippen molar-refractivity contribution >= 4 is 23.2 Å². The highest BCUT2D eigenvalue weighted by Crippen LogP contribution is 2.29. The molecule has 0 fully saturated rings. The molecule has 0 saturated carbocycles. The molecule has 4 aromatic rings. The van der Waals surface area contributed by atoms with E-state index in [1.54, 1.807) is 36.3 Å². The molecule has 166 valence electrons. The maximum absolute atomic E-state index is 13.4. The largest absolute Gasteiger partial charge is 0.494 e. The van der Waals surface area contributed by atoms with Crippen molar-refractivity contribution < 1.29 is 9.13 Å². The number of ether oxygens (including phenoxy) is 1. The number of nitrogens with one attached hydrogen (secondary N) is 1. The number of rotatable bonds is 8. The second kappa shape index (κ2) is 9.40. The van der Waals surface area contributed by atoms with Gasteiger partial charge < -0.3 is 14.6 Å². The maximum atomic E-state index is 13.4. The number of hydrogen-bond donors (Lipinski definition) is 1. The third kappa shape index (κ3) is 4.45. The molecule has 1 atom stereocenters. The minimum atomic E-state index is -0.254. The van der Waals surface area contributed by atoms with E-state index < -0.39 is 0 Å². The SMILES string of the molecule is CCc1nc(Nc2ccc(-n3cnc(Cl)c3)c(OC)c2)nn1C(CC)c1ccc(F)cc1. The van der Waals surface area contributed by atoms with Gasteiger partial charge >= 0.3 is 0 Å². The first-order chi connectivity index (χ1) is 15.5. The first-order valence-corrected chi connectivity index (χ1v) is 10.8. The minimum Gasteiger partial charge on any atom is -0.494 e. The van der Waals surface area contributed by atoms with Gasteiger partial charge in [-0.2, -0.15) is 4.98 Å². The number of imidazole rings is 1. The molecule has 0 saturated heterocycles. The van der Waals surface area contributed by atoms with Crippen LogP contribution < -0.4 is 10.1 Å². The average Bonchev–Trinajstić information content (AvgIpc) is 3.41. The van der Waals surface area contributed by atoms with Crippen LogP contribution in [0.3, 0.4) is 0 Å². The van der Waals surface area contributed by atoms with E-state index in [1.807, 2.05) is 29.8 Å². The molecule has 32 heavy (non-hydrogen) atoms. The van der Waals surface area contributed by atoms with Crippen molar-refractivity contribution in [1.29, 1.82) is 0 Å². The molecule has 0 bridgehead atoms. The van der Waals surface area contributed by atoms with Gasteiger partial charge in [-0.25, -0.2) is 14.1 Å². The fourth-order valence-corrected chi connectivity index (χ4v) is 3.81. The lowest BCUT2D eigenvalue weighted by Crippen LogP contribution is -2.14. The van der Waals surface area contributed by atoms with E-state index in [9.17, 15) is 4.39 Å². The Bertz CT molecular complexity index is 1200. The zero-order valence-electron chi connectivity index (χ0n) is 18.1. The molecule has 0 aliphatic heterocycles. The summed E-state index contributed by atoms with van der Waals surface area (Å²) in [6, 6.07) is 12.2. The van der Waals surface area contributed by atoms with Gasteiger partial charge in [-0.05, 0) is 36.2 Å². The highest BCUT2D eigenvalue weighted by Gasteiger charge is 2.19. The summed E-state index contributed by atoms with van der Waals surface area (Å²) in [6.45, 7) is 4.12. The molecule has 0 amide bonds. The number of nitrogens with zero attached hydrogens (tertiary/aromatic N) is 5. The Hall–Kier alpha value is -3.39. The van der Waals surface area contributed by atoms with Gasteiger partial charge in [-0.3, -0.25) is 0 Å². The topological polar surface area (TPSA) is 69.8 Å². The van der Waals surface area contributed by atoms with Crippen LogP contribution in [-0.4, -0.2) is 31.4 Å². The van der Waals surface area contributed by atoms with Gasteiger partial charge in [-0.1, -0.05) is 37.6 Å². The van der Waals surface area contributed by atoms with Crippen molar-refractivity contribution in [2.45, 2.75) is 32.7 Å². The van der Waals surface area contributed by atoms with Crippen molar-refractivity contribution in [2.75, 3.05) is 12.4 Å². The lowest BCUT2D eigenvalue weighted by Gasteiger charge is -2.17. The fourth-order valence-electron chi connectivity index (χ4n) is 3.66. The zero-order chi connectivity index (χ0) is 22.7. The third-order valence-electron chi connectivity index (χ3n) is 5.22. The Morgan fingerprint density at radius 3 is 2.56 bits per heavy atom. The quantitative estimate of drug-likeness (QED) is 0.377. The van der Waals surface area contributed by atoms with Crippen LogP contribution >= 0.6 is 11.6 Å². The second-order valence-corrected chi connectivity index (χ2v) is 7.63. The summed E-state index contributed by atoms with van der Waals surface area (Å²) in [4.78, 5) is 8.72. The molecule has 1 N–H and O–H groups in total. The van der Waals surface area contributed by atoms with Gasteiger partial charge in [0.15, 0.2) is 0 Å². The monoisotopic (exact) mass is 454 g/mol. The Kier molecular flexibility index (Phi) is 6.41. The van der Waals surface area contributed by atoms with Crippen molar-refractivity contribution in [2.24, 2.45) is 0 Å². The summed E-state index contributed by atoms with van der Waals surface area (Å²) < 4.78 is 22.6. The number of halogens is 2. The van der Waals surface area contributed by atoms with Crippen LogP contribution in [0.4, 0.5) is 16.0 Å². The van der Waals surface area contributed by atoms with E-state index in [0.29, 0.717) is 16.9 Å². The Balaban J connectivity index is 1.62. The molecular formula is C23H24ClFN6O. The summed E-state index contributed by atoms with van der Waals surface area (Å²) >= 11 is 5.94. The summed E-state index contributed by atoms with van der Waals surface area (Å²) in [5.41, 5.74) is 2.59. The Morgan fingerprint density at radius 2 is 1.94 bits per heavy atom. The molecule has 0 aliphatic rings. The molecule has 0 aliphatic carbocycles. The molecule has 2 aromatic carbocycles. The average molecular weight is 455 g/mol. The summed E-state index contributed by atoms with van der Waals surface area (Å²) in [5, 5.41) is 8.38. The van der Waals surface area contributed by atoms with Crippen LogP contribution in [0, 0.1) is 5.82 Å². The molecule has 0 radical (unpaired) electrons. The molecule has 4 rings (SSSR count). The molecule has 9 heteroatoms. The summed E-state index contributed by atoms with van der Waals surface area (Å²) in [6.07, 6.45) is 4.86. The van der Waals surface area contributed by atoms with E-state index in [1.165, 1.54) is 12.1 Å². The van der Waals surface area contributed by atoms with Gasteiger partial charge in [0.05, 0.1) is 18.8 Å². The number of benzene rings is 2. The van der Waals surface area contributed by atoms with Crippen LogP contribution in [0.25, 0.3) is 5.69 Å². The highest BCUT2D eigenvalue weighted by atomic mass is 35.5. The highest BCUT2D eigenvalue weighted by molar-refractivity contribution is 6.29. The van der Waals surface area contributed by atoms with E-state index in [-0.39, 0.29) is 11.9 Å². The predicted octanol–water partition coefficient (Wildman–Crippen LogP) is 5.57. The van der Waals surface area contributed by atoms with Crippen molar-refractivity contribution in [3.8, 4) is 11.4 Å². The molecular weight excluding hydrogens is 431 g/mol. The van der Waals surface area contributed by atoms with Gasteiger partial charge in [0, 0.05) is 24.4 Å². The normalized spacial score (nSPS) is 12.0. The second-order valence-electron chi connectivity index (χ2n) is 7.24. The number of aromatic nitrogens is 5. The molecule has 2 heterocycles. The van der Waals surface area contributed by atoms with Crippen LogP contribution in [0.1, 0.15) is 37.7 Å². The Labute approximate surface area is 190 Å². The molecule has 7 nitrogen and oxygen atoms in total. The van der Waals surface area contributed by atoms with Crippen LogP contribution in [0.5, 0.6) is 5.75 Å². The van der Waals surface area contributed by atoms with Crippen molar-refractivity contribution in [3.05, 3.63) is 77.3 Å². The lowest BCUT2D eigenvalue weighted by atomic mass is 10.0. The maximum Gasteiger partial charge on any atom is 0.246 e. The van der Waals surface area contributed by atoms with Crippen molar-refractivity contribution in [3.63, 3.8) is 0 Å². The zero-order valence-corrected chi connectivity index (χ0v) is 18.8. The third-order valence-corrected chi connectivity index (χ3v) is 5.42. The number of aryl methyl sites for hydroxylation is 1. The first-order valence-electron chi connectivity index (χ1n) is 10.4. The van der Waals surface area contributed by atoms with Crippen molar-refractivity contribution in [1.82, 2.24) is 24.3 Å². The Morgan fingerprint density at radius 1 is 1.16 bits per heavy atom. The van der Waals surface area contributed by atoms with Gasteiger partial charge in [-0.15, -0.1) is 5.10 Å². The van der Waals surface area contributed by atoms with Gasteiger partial charge in [0.25, 0.3) is 0 Å². The number of anilines is 2. The first kappa shape index (κ1) is 21.8. The molecule has 1 unspecified atom stereocenters. The standard InChI is InChI=1S/C23H24ClFN6O/c1-4-18(15-6-8-16(25)9-7-15)31-22(5-2)28-23(29-31)27-17-10-11-19(20(12-17)32-3)30-13-21(24)26-14-30/h6-14,18H,4-5H2,1-3H3,(H,27,29). The summed E-state index contributed by atoms with van der Waals surface area (Å²) in [7, 11) is 1.61. The van der Waals surface area contributed by atoms with Crippen LogP contribution in [0.2, 0.25) is 5.15 Å². The van der Waals surface area contributed by atoms with E-state index >= 15 is 0 Å². The molecule has 2 aromatic heterocycles. The van der Waals surface area contributed by atoms with Crippen LogP contribution in [-0.2, 0) is 6.42 Å². The smallest absolute Gasteiger partial charge is 0.246 e. The van der Waals surface area contributed by atoms with E-state index in [4.69, 9.17) is 21.4 Å². The van der Waals surface area contributed by atoms with Gasteiger partial charge in [0.2, 0.25) is 5.95 Å². The number of methoxy groups -OCH3 is 1. The van der Waals surface area contributed by atoms with Crippen LogP contribution in [0.15, 0.2) is 55.0 Å². The molecule has 0 spiro atoms. The number of hydrogen-bond acceptors (Lipinski definition) is 5. The van der Waals surface area contributed by atoms with E-state index in [0.717, 1.165) is 35.6 Å². The fraction of sp³-hybridized carbons (Fsp3) is 0.261. The van der Waals surface area contributed by atoms with E-state index in [2.05, 4.69) is 22.2 Å².